The van der Waals surface area contributed by atoms with Crippen molar-refractivity contribution in [2.45, 2.75) is 64.1 Å². The van der Waals surface area contributed by atoms with Gasteiger partial charge >= 0.3 is 0 Å². The predicted molar refractivity (Wildman–Crippen MR) is 122 cm³/mol. The zero-order valence-electron chi connectivity index (χ0n) is 18.5. The highest BCUT2D eigenvalue weighted by molar-refractivity contribution is 5.85. The number of nitrogens with zero attached hydrogens (tertiary/aromatic N) is 3. The number of halogens is 3. The van der Waals surface area contributed by atoms with Gasteiger partial charge in [-0.2, -0.15) is 5.10 Å². The van der Waals surface area contributed by atoms with Crippen LogP contribution in [0.5, 0.6) is 5.88 Å². The molecule has 4 rings (SSSR count). The average Bonchev–Trinajstić information content (AvgIpc) is 3.20. The Labute approximate surface area is 192 Å². The van der Waals surface area contributed by atoms with Crippen molar-refractivity contribution in [1.82, 2.24) is 25.7 Å². The highest BCUT2D eigenvalue weighted by atomic mass is 35.5. The first-order valence-electron chi connectivity index (χ1n) is 10.3. The van der Waals surface area contributed by atoms with Crippen molar-refractivity contribution in [2.75, 3.05) is 0 Å². The highest BCUT2D eigenvalue weighted by Crippen LogP contribution is 2.35. The molecule has 1 saturated heterocycles. The third kappa shape index (κ3) is 5.42. The predicted octanol–water partition coefficient (Wildman–Crippen LogP) is 5.58. The number of H-pyrrole nitrogens is 1. The molecule has 2 N–H and O–H groups in total. The molecule has 6 nitrogen and oxygen atoms in total. The minimum absolute atomic E-state index is 0. The van der Waals surface area contributed by atoms with Crippen LogP contribution in [0.1, 0.15) is 52.5 Å². The van der Waals surface area contributed by atoms with E-state index < -0.39 is 6.43 Å². The third-order valence-corrected chi connectivity index (χ3v) is 5.47. The molecule has 9 heteroatoms. The van der Waals surface area contributed by atoms with Crippen molar-refractivity contribution < 1.29 is 13.5 Å². The summed E-state index contributed by atoms with van der Waals surface area (Å²) in [6.07, 6.45) is 2.30. The van der Waals surface area contributed by atoms with Gasteiger partial charge in [0.05, 0.1) is 11.9 Å². The lowest BCUT2D eigenvalue weighted by molar-refractivity contribution is 0.0524. The van der Waals surface area contributed by atoms with Gasteiger partial charge in [-0.05, 0) is 45.4 Å². The van der Waals surface area contributed by atoms with Crippen molar-refractivity contribution in [3.05, 3.63) is 48.3 Å². The van der Waals surface area contributed by atoms with Crippen molar-refractivity contribution in [3.8, 4) is 28.3 Å². The van der Waals surface area contributed by atoms with Crippen molar-refractivity contribution in [1.29, 1.82) is 0 Å². The number of nitrogens with one attached hydrogen (secondary N) is 2. The first kappa shape index (κ1) is 24.1. The van der Waals surface area contributed by atoms with Gasteiger partial charge in [0.2, 0.25) is 5.88 Å². The van der Waals surface area contributed by atoms with Gasteiger partial charge in [-0.1, -0.05) is 12.1 Å². The van der Waals surface area contributed by atoms with Crippen LogP contribution in [-0.4, -0.2) is 37.6 Å². The fraction of sp³-hybridized carbons (Fsp3) is 0.435. The van der Waals surface area contributed by atoms with E-state index in [2.05, 4.69) is 53.4 Å². The molecule has 0 radical (unpaired) electrons. The zero-order valence-corrected chi connectivity index (χ0v) is 19.3. The van der Waals surface area contributed by atoms with Crippen molar-refractivity contribution in [3.63, 3.8) is 0 Å². The standard InChI is InChI=1S/C23H27F2N5O.ClH/c1-22(2)10-16(11-23(3,4)30-22)31-20-8-7-19(28-29-20)17-6-5-14(9-18(17)21(24)25)15-12-26-27-13-15;/h5-9,12-13,16,21,30H,10-11H2,1-4H3,(H,26,27);1H. The molecule has 0 bridgehead atoms. The number of ether oxygens (including phenoxy) is 1. The normalized spacial score (nSPS) is 17.7. The van der Waals surface area contributed by atoms with Gasteiger partial charge in [0.1, 0.15) is 6.10 Å². The monoisotopic (exact) mass is 463 g/mol. The largest absolute Gasteiger partial charge is 0.473 e. The van der Waals surface area contributed by atoms with Gasteiger partial charge in [0.15, 0.2) is 0 Å². The van der Waals surface area contributed by atoms with Crippen LogP contribution >= 0.6 is 12.4 Å². The summed E-state index contributed by atoms with van der Waals surface area (Å²) < 4.78 is 33.6. The fourth-order valence-electron chi connectivity index (χ4n) is 4.57. The van der Waals surface area contributed by atoms with E-state index in [1.807, 2.05) is 0 Å². The number of aromatic amines is 1. The van der Waals surface area contributed by atoms with E-state index in [0.717, 1.165) is 18.4 Å². The number of benzene rings is 1. The van der Waals surface area contributed by atoms with Crippen LogP contribution in [0.2, 0.25) is 0 Å². The summed E-state index contributed by atoms with van der Waals surface area (Å²) in [7, 11) is 0. The van der Waals surface area contributed by atoms with Crippen LogP contribution in [0.4, 0.5) is 8.78 Å². The van der Waals surface area contributed by atoms with E-state index in [-0.39, 0.29) is 35.2 Å². The molecule has 0 unspecified atom stereocenters. The van der Waals surface area contributed by atoms with E-state index in [1.165, 1.54) is 6.07 Å². The van der Waals surface area contributed by atoms with Gasteiger partial charge < -0.3 is 10.1 Å². The maximum atomic E-state index is 13.8. The highest BCUT2D eigenvalue weighted by Gasteiger charge is 2.38. The summed E-state index contributed by atoms with van der Waals surface area (Å²) in [6.45, 7) is 8.60. The molecule has 0 spiro atoms. The molecule has 3 heterocycles. The topological polar surface area (TPSA) is 75.7 Å². The average molecular weight is 464 g/mol. The summed E-state index contributed by atoms with van der Waals surface area (Å²) in [4.78, 5) is 0. The summed E-state index contributed by atoms with van der Waals surface area (Å²) in [5.74, 6) is 0.399. The first-order chi connectivity index (χ1) is 14.6. The van der Waals surface area contributed by atoms with Gasteiger partial charge in [-0.15, -0.1) is 22.6 Å². The number of aromatic nitrogens is 4. The number of alkyl halides is 2. The zero-order chi connectivity index (χ0) is 22.2. The van der Waals surface area contributed by atoms with Gasteiger partial charge in [0, 0.05) is 52.9 Å². The Hall–Kier alpha value is -2.58. The van der Waals surface area contributed by atoms with Crippen LogP contribution < -0.4 is 10.1 Å². The molecule has 0 aliphatic carbocycles. The Kier molecular flexibility index (Phi) is 6.86. The van der Waals surface area contributed by atoms with E-state index in [4.69, 9.17) is 4.74 Å². The smallest absolute Gasteiger partial charge is 0.264 e. The molecule has 1 fully saturated rings. The van der Waals surface area contributed by atoms with Crippen LogP contribution in [0.15, 0.2) is 42.7 Å². The Morgan fingerprint density at radius 3 is 2.28 bits per heavy atom. The lowest BCUT2D eigenvalue weighted by Gasteiger charge is -2.46. The Morgan fingerprint density at radius 1 is 1.00 bits per heavy atom. The van der Waals surface area contributed by atoms with Crippen LogP contribution in [0.25, 0.3) is 22.4 Å². The number of hydrogen-bond acceptors (Lipinski definition) is 5. The van der Waals surface area contributed by atoms with E-state index in [0.29, 0.717) is 22.7 Å². The van der Waals surface area contributed by atoms with Crippen molar-refractivity contribution >= 4 is 12.4 Å². The molecule has 3 aromatic rings. The van der Waals surface area contributed by atoms with Gasteiger partial charge in [-0.3, -0.25) is 5.10 Å². The molecule has 1 aliphatic rings. The van der Waals surface area contributed by atoms with Crippen molar-refractivity contribution in [2.24, 2.45) is 0 Å². The van der Waals surface area contributed by atoms with E-state index in [9.17, 15) is 8.78 Å². The molecule has 1 aromatic carbocycles. The summed E-state index contributed by atoms with van der Waals surface area (Å²) in [5.41, 5.74) is 1.94. The second kappa shape index (κ2) is 9.11. The molecule has 0 amide bonds. The molecule has 2 aromatic heterocycles. The minimum Gasteiger partial charge on any atom is -0.473 e. The molecular formula is C23H28ClF2N5O. The molecule has 172 valence electrons. The quantitative estimate of drug-likeness (QED) is 0.516. The van der Waals surface area contributed by atoms with Gasteiger partial charge in [-0.25, -0.2) is 8.78 Å². The van der Waals surface area contributed by atoms with E-state index in [1.54, 1.807) is 36.7 Å². The Morgan fingerprint density at radius 2 is 1.72 bits per heavy atom. The second-order valence-corrected chi connectivity index (χ2v) is 9.39. The van der Waals surface area contributed by atoms with Gasteiger partial charge in [0.25, 0.3) is 6.43 Å². The van der Waals surface area contributed by atoms with Crippen LogP contribution in [0, 0.1) is 0 Å². The summed E-state index contributed by atoms with van der Waals surface area (Å²) >= 11 is 0. The molecule has 1 aliphatic heterocycles. The lowest BCUT2D eigenvalue weighted by Crippen LogP contribution is -2.60. The number of hydrogen-bond donors (Lipinski definition) is 2. The first-order valence-corrected chi connectivity index (χ1v) is 10.3. The second-order valence-electron chi connectivity index (χ2n) is 9.39. The van der Waals surface area contributed by atoms with Crippen LogP contribution in [-0.2, 0) is 0 Å². The molecular weight excluding hydrogens is 436 g/mol. The molecule has 0 atom stereocenters. The SMILES string of the molecule is CC1(C)CC(Oc2ccc(-c3ccc(-c4cn[nH]c4)cc3C(F)F)nn2)CC(C)(C)N1.Cl. The Balaban J connectivity index is 0.00000289. The Bertz CT molecular complexity index is 1020. The van der Waals surface area contributed by atoms with Crippen LogP contribution in [0.3, 0.4) is 0 Å². The lowest BCUT2D eigenvalue weighted by atomic mass is 9.81. The minimum atomic E-state index is -2.64. The number of rotatable bonds is 5. The molecule has 32 heavy (non-hydrogen) atoms. The maximum Gasteiger partial charge on any atom is 0.264 e. The maximum absolute atomic E-state index is 13.8. The van der Waals surface area contributed by atoms with E-state index >= 15 is 0 Å². The summed E-state index contributed by atoms with van der Waals surface area (Å²) in [5, 5.41) is 18.5. The summed E-state index contributed by atoms with van der Waals surface area (Å²) in [6, 6.07) is 8.27. The third-order valence-electron chi connectivity index (χ3n) is 5.47. The fourth-order valence-corrected chi connectivity index (χ4v) is 4.57. The molecule has 0 saturated carbocycles. The number of piperidine rings is 1.